The average molecular weight is 223 g/mol. The molecule has 5 nitrogen and oxygen atoms in total. The van der Waals surface area contributed by atoms with E-state index in [1.54, 1.807) is 0 Å². The lowest BCUT2D eigenvalue weighted by Crippen LogP contribution is -2.41. The second-order valence-electron chi connectivity index (χ2n) is 4.47. The number of carboxylic acids is 1. The Morgan fingerprint density at radius 3 is 2.62 bits per heavy atom. The van der Waals surface area contributed by atoms with Crippen molar-refractivity contribution in [3.05, 3.63) is 11.3 Å². The number of carboxylic acid groups (broad SMARTS) is 1. The Morgan fingerprint density at radius 2 is 2.00 bits per heavy atom. The Kier molecular flexibility index (Phi) is 2.53. The van der Waals surface area contributed by atoms with E-state index in [1.807, 2.05) is 6.92 Å². The molecule has 1 heterocycles. The Bertz CT molecular complexity index is 410. The predicted molar refractivity (Wildman–Crippen MR) is 54.3 cm³/mol. The van der Waals surface area contributed by atoms with Crippen LogP contribution in [0.15, 0.2) is 11.3 Å². The average Bonchev–Trinajstić information content (AvgIpc) is 2.14. The summed E-state index contributed by atoms with van der Waals surface area (Å²) in [5, 5.41) is 11.6. The van der Waals surface area contributed by atoms with Gasteiger partial charge in [-0.15, -0.1) is 0 Å². The highest BCUT2D eigenvalue weighted by Crippen LogP contribution is 2.33. The summed E-state index contributed by atoms with van der Waals surface area (Å²) >= 11 is 0. The van der Waals surface area contributed by atoms with Gasteiger partial charge in [0.2, 0.25) is 5.91 Å². The Hall–Kier alpha value is -1.65. The van der Waals surface area contributed by atoms with Gasteiger partial charge in [-0.3, -0.25) is 14.4 Å². The number of allylic oxidation sites excluding steroid dienone is 1. The summed E-state index contributed by atoms with van der Waals surface area (Å²) in [6.07, 6.45) is 0.823. The van der Waals surface area contributed by atoms with Crippen LogP contribution in [0.3, 0.4) is 0 Å². The van der Waals surface area contributed by atoms with Crippen molar-refractivity contribution >= 4 is 17.7 Å². The molecule has 1 aliphatic heterocycles. The fraction of sp³-hybridized carbons (Fsp3) is 0.545. The van der Waals surface area contributed by atoms with E-state index in [2.05, 4.69) is 5.32 Å². The van der Waals surface area contributed by atoms with E-state index in [-0.39, 0.29) is 24.0 Å². The smallest absolute Gasteiger partial charge is 0.311 e. The van der Waals surface area contributed by atoms with Crippen molar-refractivity contribution in [1.29, 1.82) is 0 Å². The van der Waals surface area contributed by atoms with Gasteiger partial charge in [-0.25, -0.2) is 0 Å². The highest BCUT2D eigenvalue weighted by atomic mass is 16.4. The fourth-order valence-electron chi connectivity index (χ4n) is 2.37. The van der Waals surface area contributed by atoms with Crippen LogP contribution in [-0.4, -0.2) is 22.8 Å². The molecule has 0 radical (unpaired) electrons. The van der Waals surface area contributed by atoms with E-state index in [4.69, 9.17) is 5.11 Å². The molecule has 2 N–H and O–H groups in total. The predicted octanol–water partition coefficient (Wildman–Crippen LogP) is 0.460. The zero-order valence-corrected chi connectivity index (χ0v) is 8.95. The van der Waals surface area contributed by atoms with Crippen LogP contribution in [-0.2, 0) is 14.4 Å². The molecule has 1 amide bonds. The maximum Gasteiger partial charge on any atom is 0.311 e. The van der Waals surface area contributed by atoms with Crippen LogP contribution >= 0.6 is 0 Å². The molecule has 0 aromatic carbocycles. The summed E-state index contributed by atoms with van der Waals surface area (Å²) in [6, 6.07) is 0. The third-order valence-electron chi connectivity index (χ3n) is 3.04. The topological polar surface area (TPSA) is 83.5 Å². The van der Waals surface area contributed by atoms with Crippen molar-refractivity contribution in [2.75, 3.05) is 0 Å². The number of carbonyl (C=O) groups is 3. The molecule has 2 aliphatic rings. The van der Waals surface area contributed by atoms with Gasteiger partial charge in [0.25, 0.3) is 0 Å². The van der Waals surface area contributed by atoms with E-state index in [1.165, 1.54) is 0 Å². The van der Waals surface area contributed by atoms with Crippen LogP contribution in [0.2, 0.25) is 0 Å². The molecular weight excluding hydrogens is 210 g/mol. The number of hydrogen-bond donors (Lipinski definition) is 2. The summed E-state index contributed by atoms with van der Waals surface area (Å²) < 4.78 is 0. The summed E-state index contributed by atoms with van der Waals surface area (Å²) in [6.45, 7) is 1.91. The van der Waals surface area contributed by atoms with Crippen molar-refractivity contribution in [2.24, 2.45) is 11.8 Å². The minimum absolute atomic E-state index is 0.131. The number of ketones is 1. The van der Waals surface area contributed by atoms with Crippen molar-refractivity contribution in [3.63, 3.8) is 0 Å². The minimum atomic E-state index is -1.09. The van der Waals surface area contributed by atoms with Gasteiger partial charge >= 0.3 is 5.97 Å². The second-order valence-corrected chi connectivity index (χ2v) is 4.47. The molecule has 2 atom stereocenters. The molecule has 0 saturated heterocycles. The van der Waals surface area contributed by atoms with Crippen LogP contribution in [0.25, 0.3) is 0 Å². The van der Waals surface area contributed by atoms with Crippen LogP contribution in [0.4, 0.5) is 0 Å². The van der Waals surface area contributed by atoms with Gasteiger partial charge in [-0.2, -0.15) is 0 Å². The second kappa shape index (κ2) is 3.73. The van der Waals surface area contributed by atoms with Gasteiger partial charge in [0.15, 0.2) is 5.78 Å². The lowest BCUT2D eigenvalue weighted by Gasteiger charge is -2.31. The third kappa shape index (κ3) is 1.73. The maximum atomic E-state index is 11.8. The van der Waals surface area contributed by atoms with E-state index in [0.717, 1.165) is 0 Å². The first-order valence-electron chi connectivity index (χ1n) is 5.28. The molecule has 0 aromatic heterocycles. The van der Waals surface area contributed by atoms with Crippen LogP contribution in [0.5, 0.6) is 0 Å². The summed E-state index contributed by atoms with van der Waals surface area (Å²) in [5.74, 6) is -2.33. The monoisotopic (exact) mass is 223 g/mol. The van der Waals surface area contributed by atoms with E-state index in [0.29, 0.717) is 24.1 Å². The molecule has 2 rings (SSSR count). The minimum Gasteiger partial charge on any atom is -0.481 e. The zero-order valence-electron chi connectivity index (χ0n) is 8.95. The lowest BCUT2D eigenvalue weighted by atomic mass is 9.78. The number of nitrogens with one attached hydrogen (secondary N) is 1. The van der Waals surface area contributed by atoms with E-state index >= 15 is 0 Å². The van der Waals surface area contributed by atoms with Gasteiger partial charge in [-0.05, 0) is 12.3 Å². The Morgan fingerprint density at radius 1 is 1.31 bits per heavy atom. The summed E-state index contributed by atoms with van der Waals surface area (Å²) in [7, 11) is 0. The molecule has 0 unspecified atom stereocenters. The fourth-order valence-corrected chi connectivity index (χ4v) is 2.37. The normalized spacial score (nSPS) is 29.8. The quantitative estimate of drug-likeness (QED) is 0.676. The number of amides is 1. The molecule has 5 heteroatoms. The van der Waals surface area contributed by atoms with Crippen molar-refractivity contribution in [3.8, 4) is 0 Å². The van der Waals surface area contributed by atoms with Gasteiger partial charge in [-0.1, -0.05) is 6.92 Å². The van der Waals surface area contributed by atoms with Gasteiger partial charge in [0.05, 0.1) is 5.92 Å². The molecule has 16 heavy (non-hydrogen) atoms. The molecule has 1 aliphatic carbocycles. The number of hydrogen-bond acceptors (Lipinski definition) is 3. The van der Waals surface area contributed by atoms with Crippen molar-refractivity contribution in [1.82, 2.24) is 5.32 Å². The Labute approximate surface area is 92.5 Å². The Balaban J connectivity index is 2.43. The van der Waals surface area contributed by atoms with Crippen LogP contribution in [0.1, 0.15) is 26.2 Å². The number of carbonyl (C=O) groups excluding carboxylic acids is 2. The van der Waals surface area contributed by atoms with Gasteiger partial charge in [0.1, 0.15) is 0 Å². The molecular formula is C11H13NO4. The van der Waals surface area contributed by atoms with Crippen molar-refractivity contribution < 1.29 is 19.5 Å². The van der Waals surface area contributed by atoms with Crippen molar-refractivity contribution in [2.45, 2.75) is 26.2 Å². The first-order valence-corrected chi connectivity index (χ1v) is 5.28. The van der Waals surface area contributed by atoms with Crippen LogP contribution in [0, 0.1) is 11.8 Å². The SMILES string of the molecule is C[C@H]1CC(=O)C2=C(C1)NC(=O)C[C@@H]2C(=O)O. The number of rotatable bonds is 1. The number of Topliss-reactive ketones (excluding diaryl/α,β-unsaturated/α-hetero) is 1. The lowest BCUT2D eigenvalue weighted by molar-refractivity contribution is -0.144. The maximum absolute atomic E-state index is 11.8. The molecule has 0 aromatic rings. The van der Waals surface area contributed by atoms with Gasteiger partial charge in [0, 0.05) is 24.1 Å². The first-order chi connectivity index (χ1) is 7.49. The highest BCUT2D eigenvalue weighted by Gasteiger charge is 2.39. The van der Waals surface area contributed by atoms with Crippen LogP contribution < -0.4 is 5.32 Å². The summed E-state index contributed by atoms with van der Waals surface area (Å²) in [5.41, 5.74) is 0.831. The first kappa shape index (κ1) is 10.9. The summed E-state index contributed by atoms with van der Waals surface area (Å²) in [4.78, 5) is 34.1. The molecule has 0 bridgehead atoms. The van der Waals surface area contributed by atoms with Gasteiger partial charge < -0.3 is 10.4 Å². The highest BCUT2D eigenvalue weighted by molar-refractivity contribution is 6.05. The zero-order chi connectivity index (χ0) is 11.9. The molecule has 0 spiro atoms. The molecule has 0 saturated carbocycles. The third-order valence-corrected chi connectivity index (χ3v) is 3.04. The van der Waals surface area contributed by atoms with E-state index in [9.17, 15) is 14.4 Å². The number of aliphatic carboxylic acids is 1. The van der Waals surface area contributed by atoms with E-state index < -0.39 is 11.9 Å². The molecule has 86 valence electrons. The molecule has 0 fully saturated rings. The standard InChI is InChI=1S/C11H13NO4/c1-5-2-7-10(8(13)3-5)6(11(15)16)4-9(14)12-7/h5-6H,2-4H2,1H3,(H,12,14)(H,15,16)/t5-,6+/m1/s1. The largest absolute Gasteiger partial charge is 0.481 e.